The van der Waals surface area contributed by atoms with E-state index >= 15 is 0 Å². The van der Waals surface area contributed by atoms with Gasteiger partial charge < -0.3 is 4.90 Å². The van der Waals surface area contributed by atoms with Gasteiger partial charge in [0.05, 0.1) is 4.90 Å². The van der Waals surface area contributed by atoms with Crippen LogP contribution >= 0.6 is 0 Å². The molecule has 0 aliphatic carbocycles. The lowest BCUT2D eigenvalue weighted by molar-refractivity contribution is 0.0759. The Bertz CT molecular complexity index is 742. The Kier molecular flexibility index (Phi) is 6.93. The van der Waals surface area contributed by atoms with E-state index in [0.29, 0.717) is 24.6 Å². The molecule has 6 heteroatoms. The first-order valence-electron chi connectivity index (χ1n) is 10.4. The summed E-state index contributed by atoms with van der Waals surface area (Å²) in [5, 5.41) is 0. The normalized spacial score (nSPS) is 22.4. The summed E-state index contributed by atoms with van der Waals surface area (Å²) in [6.07, 6.45) is 8.57. The highest BCUT2D eigenvalue weighted by molar-refractivity contribution is 7.89. The van der Waals surface area contributed by atoms with Crippen LogP contribution in [0, 0.1) is 5.92 Å². The van der Waals surface area contributed by atoms with Gasteiger partial charge in [0, 0.05) is 31.7 Å². The van der Waals surface area contributed by atoms with Crippen LogP contribution in [0.1, 0.15) is 68.6 Å². The second kappa shape index (κ2) is 9.20. The highest BCUT2D eigenvalue weighted by Crippen LogP contribution is 2.25. The molecule has 0 N–H and O–H groups in total. The Balaban J connectivity index is 1.74. The van der Waals surface area contributed by atoms with E-state index in [1.165, 1.54) is 19.3 Å². The van der Waals surface area contributed by atoms with Gasteiger partial charge in [0.1, 0.15) is 0 Å². The van der Waals surface area contributed by atoms with Gasteiger partial charge in [-0.05, 0) is 56.2 Å². The van der Waals surface area contributed by atoms with E-state index in [9.17, 15) is 13.2 Å². The molecule has 1 amide bonds. The highest BCUT2D eigenvalue weighted by atomic mass is 32.2. The zero-order valence-electron chi connectivity index (χ0n) is 16.4. The predicted molar refractivity (Wildman–Crippen MR) is 107 cm³/mol. The van der Waals surface area contributed by atoms with Gasteiger partial charge in [-0.2, -0.15) is 4.31 Å². The summed E-state index contributed by atoms with van der Waals surface area (Å²) in [5.74, 6) is 0.668. The van der Waals surface area contributed by atoms with Gasteiger partial charge in [-0.15, -0.1) is 0 Å². The van der Waals surface area contributed by atoms with Gasteiger partial charge in [-0.1, -0.05) is 32.3 Å². The Morgan fingerprint density at radius 3 is 2.56 bits per heavy atom. The number of sulfonamides is 1. The van der Waals surface area contributed by atoms with Gasteiger partial charge >= 0.3 is 0 Å². The van der Waals surface area contributed by atoms with Crippen LogP contribution in [0.2, 0.25) is 0 Å². The van der Waals surface area contributed by atoms with Crippen LogP contribution < -0.4 is 0 Å². The van der Waals surface area contributed by atoms with E-state index in [1.54, 1.807) is 28.6 Å². The summed E-state index contributed by atoms with van der Waals surface area (Å²) in [4.78, 5) is 15.1. The molecule has 2 aliphatic heterocycles. The van der Waals surface area contributed by atoms with Crippen molar-refractivity contribution in [1.29, 1.82) is 0 Å². The standard InChI is InChI=1S/C21H32N2O3S/c1-2-8-18-9-7-13-22(16-12-18)21(24)19-10-6-11-20(17-19)27(25,26)23-14-4-3-5-15-23/h6,10-11,17-18H,2-5,7-9,12-16H2,1H3. The molecule has 1 atom stereocenters. The van der Waals surface area contributed by atoms with Crippen molar-refractivity contribution in [3.05, 3.63) is 29.8 Å². The minimum absolute atomic E-state index is 0.0390. The number of hydrogen-bond donors (Lipinski definition) is 0. The first-order valence-corrected chi connectivity index (χ1v) is 11.9. The summed E-state index contributed by atoms with van der Waals surface area (Å²) in [6.45, 7) is 4.90. The van der Waals surface area contributed by atoms with Crippen LogP contribution in [0.25, 0.3) is 0 Å². The molecule has 3 rings (SSSR count). The summed E-state index contributed by atoms with van der Waals surface area (Å²) in [7, 11) is -3.51. The molecule has 2 aliphatic rings. The van der Waals surface area contributed by atoms with Crippen LogP contribution in [0.5, 0.6) is 0 Å². The summed E-state index contributed by atoms with van der Waals surface area (Å²) in [5.41, 5.74) is 0.488. The van der Waals surface area contributed by atoms with Crippen LogP contribution in [-0.2, 0) is 10.0 Å². The van der Waals surface area contributed by atoms with E-state index in [-0.39, 0.29) is 10.8 Å². The maximum absolute atomic E-state index is 13.0. The van der Waals surface area contributed by atoms with Gasteiger partial charge in [-0.25, -0.2) is 8.42 Å². The second-order valence-corrected chi connectivity index (χ2v) is 9.81. The third-order valence-corrected chi connectivity index (χ3v) is 7.76. The molecule has 1 aromatic rings. The third-order valence-electron chi connectivity index (χ3n) is 5.87. The summed E-state index contributed by atoms with van der Waals surface area (Å²) < 4.78 is 27.4. The lowest BCUT2D eigenvalue weighted by atomic mass is 9.96. The Morgan fingerprint density at radius 2 is 1.81 bits per heavy atom. The Morgan fingerprint density at radius 1 is 1.04 bits per heavy atom. The topological polar surface area (TPSA) is 57.7 Å². The monoisotopic (exact) mass is 392 g/mol. The molecule has 0 aromatic heterocycles. The zero-order valence-corrected chi connectivity index (χ0v) is 17.2. The van der Waals surface area contributed by atoms with E-state index in [4.69, 9.17) is 0 Å². The SMILES string of the molecule is CCCC1CCCN(C(=O)c2cccc(S(=O)(=O)N3CCCCC3)c2)CC1. The summed E-state index contributed by atoms with van der Waals surface area (Å²) in [6, 6.07) is 6.62. The van der Waals surface area contributed by atoms with E-state index in [2.05, 4.69) is 6.92 Å². The van der Waals surface area contributed by atoms with Crippen molar-refractivity contribution in [3.63, 3.8) is 0 Å². The van der Waals surface area contributed by atoms with E-state index < -0.39 is 10.0 Å². The average molecular weight is 393 g/mol. The van der Waals surface area contributed by atoms with Gasteiger partial charge in [-0.3, -0.25) is 4.79 Å². The smallest absolute Gasteiger partial charge is 0.253 e. The van der Waals surface area contributed by atoms with Crippen molar-refractivity contribution in [1.82, 2.24) is 9.21 Å². The highest BCUT2D eigenvalue weighted by Gasteiger charge is 2.27. The number of nitrogens with zero attached hydrogens (tertiary/aromatic N) is 2. The quantitative estimate of drug-likeness (QED) is 0.763. The average Bonchev–Trinajstić information content (AvgIpc) is 2.94. The predicted octanol–water partition coefficient (Wildman–Crippen LogP) is 3.90. The van der Waals surface area contributed by atoms with E-state index in [1.807, 2.05) is 4.90 Å². The lowest BCUT2D eigenvalue weighted by Gasteiger charge is -2.26. The fourth-order valence-electron chi connectivity index (χ4n) is 4.29. The number of piperidine rings is 1. The fraction of sp³-hybridized carbons (Fsp3) is 0.667. The number of carbonyl (C=O) groups is 1. The van der Waals surface area contributed by atoms with Crippen molar-refractivity contribution >= 4 is 15.9 Å². The molecule has 0 radical (unpaired) electrons. The van der Waals surface area contributed by atoms with E-state index in [0.717, 1.165) is 45.2 Å². The zero-order chi connectivity index (χ0) is 19.3. The minimum atomic E-state index is -3.51. The molecule has 0 saturated carbocycles. The molecule has 1 aromatic carbocycles. The van der Waals surface area contributed by atoms with Gasteiger partial charge in [0.25, 0.3) is 5.91 Å². The Hall–Kier alpha value is -1.40. The number of hydrogen-bond acceptors (Lipinski definition) is 3. The maximum Gasteiger partial charge on any atom is 0.253 e. The molecule has 5 nitrogen and oxygen atoms in total. The van der Waals surface area contributed by atoms with Crippen LogP contribution in [0.3, 0.4) is 0 Å². The summed E-state index contributed by atoms with van der Waals surface area (Å²) >= 11 is 0. The first-order chi connectivity index (χ1) is 13.0. The molecule has 2 fully saturated rings. The molecule has 0 bridgehead atoms. The molecule has 27 heavy (non-hydrogen) atoms. The molecule has 2 saturated heterocycles. The van der Waals surface area contributed by atoms with Crippen molar-refractivity contribution in [3.8, 4) is 0 Å². The van der Waals surface area contributed by atoms with Gasteiger partial charge in [0.2, 0.25) is 10.0 Å². The maximum atomic E-state index is 13.0. The number of carbonyl (C=O) groups excluding carboxylic acids is 1. The number of amides is 1. The number of likely N-dealkylation sites (tertiary alicyclic amines) is 1. The second-order valence-electron chi connectivity index (χ2n) is 7.87. The van der Waals surface area contributed by atoms with Crippen LogP contribution in [-0.4, -0.2) is 49.7 Å². The first kappa shape index (κ1) is 20.3. The number of benzene rings is 1. The molecular formula is C21H32N2O3S. The Labute approximate surface area is 163 Å². The molecule has 0 spiro atoms. The number of rotatable bonds is 5. The van der Waals surface area contributed by atoms with Crippen LogP contribution in [0.4, 0.5) is 0 Å². The lowest BCUT2D eigenvalue weighted by Crippen LogP contribution is -2.36. The molecular weight excluding hydrogens is 360 g/mol. The minimum Gasteiger partial charge on any atom is -0.339 e. The molecule has 1 unspecified atom stereocenters. The molecule has 2 heterocycles. The third kappa shape index (κ3) is 4.91. The fourth-order valence-corrected chi connectivity index (χ4v) is 5.86. The largest absolute Gasteiger partial charge is 0.339 e. The van der Waals surface area contributed by atoms with Crippen LogP contribution in [0.15, 0.2) is 29.2 Å². The van der Waals surface area contributed by atoms with Crippen molar-refractivity contribution in [2.75, 3.05) is 26.2 Å². The van der Waals surface area contributed by atoms with Crippen molar-refractivity contribution < 1.29 is 13.2 Å². The molecule has 150 valence electrons. The van der Waals surface area contributed by atoms with Crippen molar-refractivity contribution in [2.24, 2.45) is 5.92 Å². The van der Waals surface area contributed by atoms with Crippen molar-refractivity contribution in [2.45, 2.75) is 63.2 Å². The van der Waals surface area contributed by atoms with Gasteiger partial charge in [0.15, 0.2) is 0 Å².